The summed E-state index contributed by atoms with van der Waals surface area (Å²) in [6.07, 6.45) is 1.10. The number of carbonyl (C=O) groups is 5. The van der Waals surface area contributed by atoms with E-state index in [2.05, 4.69) is 10.6 Å². The van der Waals surface area contributed by atoms with Gasteiger partial charge in [-0.1, -0.05) is 0 Å². The Balaban J connectivity index is 2.51. The van der Waals surface area contributed by atoms with Crippen molar-refractivity contribution in [2.45, 2.75) is 37.8 Å². The van der Waals surface area contributed by atoms with E-state index in [4.69, 9.17) is 16.6 Å². The predicted molar refractivity (Wildman–Crippen MR) is 84.8 cm³/mol. The SMILES string of the molecule is NC(=O)CCC(N)C(=O)N1CCCC1C(=O)NCC(=O)NCC(=O)O. The van der Waals surface area contributed by atoms with Crippen molar-refractivity contribution in [2.75, 3.05) is 19.6 Å². The van der Waals surface area contributed by atoms with Crippen LogP contribution in [0.1, 0.15) is 25.7 Å². The molecule has 2 unspecified atom stereocenters. The van der Waals surface area contributed by atoms with Crippen LogP contribution in [0.2, 0.25) is 0 Å². The van der Waals surface area contributed by atoms with Crippen LogP contribution in [0.3, 0.4) is 0 Å². The molecule has 4 amide bonds. The minimum Gasteiger partial charge on any atom is -0.480 e. The van der Waals surface area contributed by atoms with Crippen molar-refractivity contribution in [3.05, 3.63) is 0 Å². The minimum absolute atomic E-state index is 0.0264. The predicted octanol–water partition coefficient (Wildman–Crippen LogP) is -3.11. The number of hydrogen-bond acceptors (Lipinski definition) is 6. The highest BCUT2D eigenvalue weighted by Crippen LogP contribution is 2.19. The molecule has 140 valence electrons. The first-order valence-electron chi connectivity index (χ1n) is 7.83. The lowest BCUT2D eigenvalue weighted by Crippen LogP contribution is -2.52. The molecule has 0 saturated carbocycles. The number of nitrogens with zero attached hydrogens (tertiary/aromatic N) is 1. The highest BCUT2D eigenvalue weighted by molar-refractivity contribution is 5.92. The third kappa shape index (κ3) is 6.75. The number of likely N-dealkylation sites (tertiary alicyclic amines) is 1. The highest BCUT2D eigenvalue weighted by Gasteiger charge is 2.36. The van der Waals surface area contributed by atoms with Gasteiger partial charge in [-0.05, 0) is 19.3 Å². The lowest BCUT2D eigenvalue weighted by atomic mass is 10.1. The molecule has 0 aromatic heterocycles. The van der Waals surface area contributed by atoms with Crippen LogP contribution in [0, 0.1) is 0 Å². The van der Waals surface area contributed by atoms with E-state index in [1.165, 1.54) is 4.90 Å². The van der Waals surface area contributed by atoms with E-state index in [1.54, 1.807) is 0 Å². The number of carboxylic acids is 1. The molecule has 0 bridgehead atoms. The van der Waals surface area contributed by atoms with Crippen molar-refractivity contribution in [3.63, 3.8) is 0 Å². The molecular formula is C14H23N5O6. The summed E-state index contributed by atoms with van der Waals surface area (Å²) in [5.41, 5.74) is 10.8. The van der Waals surface area contributed by atoms with Gasteiger partial charge < -0.3 is 32.1 Å². The maximum absolute atomic E-state index is 12.3. The van der Waals surface area contributed by atoms with E-state index in [0.717, 1.165) is 0 Å². The lowest BCUT2D eigenvalue weighted by Gasteiger charge is -2.26. The van der Waals surface area contributed by atoms with Gasteiger partial charge >= 0.3 is 5.97 Å². The van der Waals surface area contributed by atoms with Gasteiger partial charge in [-0.25, -0.2) is 0 Å². The molecule has 2 atom stereocenters. The summed E-state index contributed by atoms with van der Waals surface area (Å²) in [6, 6.07) is -1.68. The number of carbonyl (C=O) groups excluding carboxylic acids is 4. The number of primary amides is 1. The third-order valence-electron chi connectivity index (χ3n) is 3.72. The fraction of sp³-hybridized carbons (Fsp3) is 0.643. The van der Waals surface area contributed by atoms with Crippen LogP contribution >= 0.6 is 0 Å². The fourth-order valence-corrected chi connectivity index (χ4v) is 2.46. The molecular weight excluding hydrogens is 334 g/mol. The Morgan fingerprint density at radius 2 is 1.84 bits per heavy atom. The van der Waals surface area contributed by atoms with Gasteiger partial charge in [0.15, 0.2) is 0 Å². The molecule has 1 fully saturated rings. The van der Waals surface area contributed by atoms with Gasteiger partial charge in [0.1, 0.15) is 12.6 Å². The number of amides is 4. The second kappa shape index (κ2) is 9.57. The summed E-state index contributed by atoms with van der Waals surface area (Å²) in [5.74, 6) is -3.37. The van der Waals surface area contributed by atoms with Gasteiger partial charge in [0.25, 0.3) is 0 Å². The van der Waals surface area contributed by atoms with Crippen molar-refractivity contribution in [2.24, 2.45) is 11.5 Å². The number of carboxylic acid groups (broad SMARTS) is 1. The summed E-state index contributed by atoms with van der Waals surface area (Å²) in [6.45, 7) is -0.581. The van der Waals surface area contributed by atoms with Crippen LogP contribution in [-0.2, 0) is 24.0 Å². The Morgan fingerprint density at radius 1 is 1.16 bits per heavy atom. The number of hydrogen-bond donors (Lipinski definition) is 5. The Kier molecular flexibility index (Phi) is 7.79. The van der Waals surface area contributed by atoms with Gasteiger partial charge in [0, 0.05) is 13.0 Å². The maximum Gasteiger partial charge on any atom is 0.322 e. The molecule has 1 rings (SSSR count). The average molecular weight is 357 g/mol. The largest absolute Gasteiger partial charge is 0.480 e. The smallest absolute Gasteiger partial charge is 0.322 e. The van der Waals surface area contributed by atoms with Crippen LogP contribution in [0.4, 0.5) is 0 Å². The summed E-state index contributed by atoms with van der Waals surface area (Å²) >= 11 is 0. The van der Waals surface area contributed by atoms with Crippen LogP contribution in [-0.4, -0.2) is 71.3 Å². The summed E-state index contributed by atoms with van der Waals surface area (Å²) < 4.78 is 0. The van der Waals surface area contributed by atoms with Crippen molar-refractivity contribution >= 4 is 29.6 Å². The molecule has 11 heteroatoms. The Morgan fingerprint density at radius 3 is 2.44 bits per heavy atom. The van der Waals surface area contributed by atoms with Crippen LogP contribution in [0.25, 0.3) is 0 Å². The molecule has 0 radical (unpaired) electrons. The number of nitrogens with one attached hydrogen (secondary N) is 2. The molecule has 0 spiro atoms. The van der Waals surface area contributed by atoms with Gasteiger partial charge in [-0.15, -0.1) is 0 Å². The molecule has 1 heterocycles. The molecule has 11 nitrogen and oxygen atoms in total. The van der Waals surface area contributed by atoms with Crippen molar-refractivity contribution < 1.29 is 29.1 Å². The average Bonchev–Trinajstić information content (AvgIpc) is 3.04. The van der Waals surface area contributed by atoms with E-state index in [1.807, 2.05) is 0 Å². The molecule has 7 N–H and O–H groups in total. The minimum atomic E-state index is -1.20. The standard InChI is InChI=1S/C14H23N5O6/c15-8(3-4-10(16)20)14(25)19-5-1-2-9(19)13(24)18-6-11(21)17-7-12(22)23/h8-9H,1-7,15H2,(H2,16,20)(H,17,21)(H,18,24)(H,22,23). The second-order valence-electron chi connectivity index (χ2n) is 5.69. The fourth-order valence-electron chi connectivity index (χ4n) is 2.46. The zero-order valence-electron chi connectivity index (χ0n) is 13.7. The number of nitrogens with two attached hydrogens (primary N) is 2. The van der Waals surface area contributed by atoms with Crippen LogP contribution in [0.15, 0.2) is 0 Å². The first-order valence-corrected chi connectivity index (χ1v) is 7.83. The van der Waals surface area contributed by atoms with Crippen molar-refractivity contribution in [1.29, 1.82) is 0 Å². The Bertz CT molecular complexity index is 552. The lowest BCUT2D eigenvalue weighted by molar-refractivity contribution is -0.140. The highest BCUT2D eigenvalue weighted by atomic mass is 16.4. The van der Waals surface area contributed by atoms with Gasteiger partial charge in [0.2, 0.25) is 23.6 Å². The molecule has 0 aromatic rings. The van der Waals surface area contributed by atoms with Crippen molar-refractivity contribution in [3.8, 4) is 0 Å². The van der Waals surface area contributed by atoms with E-state index < -0.39 is 54.8 Å². The van der Waals surface area contributed by atoms with Crippen LogP contribution < -0.4 is 22.1 Å². The molecule has 25 heavy (non-hydrogen) atoms. The molecule has 1 aliphatic rings. The molecule has 1 saturated heterocycles. The van der Waals surface area contributed by atoms with E-state index in [9.17, 15) is 24.0 Å². The van der Waals surface area contributed by atoms with Gasteiger partial charge in [0.05, 0.1) is 12.6 Å². The van der Waals surface area contributed by atoms with Crippen LogP contribution in [0.5, 0.6) is 0 Å². The third-order valence-corrected chi connectivity index (χ3v) is 3.72. The topological polar surface area (TPSA) is 185 Å². The Hall–Kier alpha value is -2.69. The molecule has 0 aliphatic carbocycles. The molecule has 0 aromatic carbocycles. The summed E-state index contributed by atoms with van der Waals surface area (Å²) in [5, 5.41) is 12.9. The Labute approximate surface area is 144 Å². The van der Waals surface area contributed by atoms with Crippen molar-refractivity contribution in [1.82, 2.24) is 15.5 Å². The zero-order valence-corrected chi connectivity index (χ0v) is 13.7. The van der Waals surface area contributed by atoms with Gasteiger partial charge in [-0.3, -0.25) is 24.0 Å². The molecule has 1 aliphatic heterocycles. The van der Waals surface area contributed by atoms with E-state index in [-0.39, 0.29) is 12.8 Å². The summed E-state index contributed by atoms with van der Waals surface area (Å²) in [7, 11) is 0. The first-order chi connectivity index (χ1) is 11.7. The number of rotatable bonds is 9. The van der Waals surface area contributed by atoms with Gasteiger partial charge in [-0.2, -0.15) is 0 Å². The monoisotopic (exact) mass is 357 g/mol. The summed E-state index contributed by atoms with van der Waals surface area (Å²) in [4.78, 5) is 58.3. The second-order valence-corrected chi connectivity index (χ2v) is 5.69. The normalized spacial score (nSPS) is 17.6. The van der Waals surface area contributed by atoms with E-state index in [0.29, 0.717) is 19.4 Å². The zero-order chi connectivity index (χ0) is 19.0. The number of aliphatic carboxylic acids is 1. The maximum atomic E-state index is 12.3. The quantitative estimate of drug-likeness (QED) is 0.289. The van der Waals surface area contributed by atoms with E-state index >= 15 is 0 Å². The first kappa shape index (κ1) is 20.4.